The van der Waals surface area contributed by atoms with E-state index in [-0.39, 0.29) is 18.4 Å². The normalized spacial score (nSPS) is 17.1. The molecule has 0 heterocycles. The predicted octanol–water partition coefficient (Wildman–Crippen LogP) is 2.56. The van der Waals surface area contributed by atoms with Gasteiger partial charge in [0.25, 0.3) is 0 Å². The standard InChI is InChI=1S/C14H16ClN3O/c1-14(9-16,10-6-7-10)18-13(19)8-17-12-5-3-2-4-11(12)15/h2-5,10,17H,6-8H2,1H3,(H,18,19)/t14-/m1/s1. The molecule has 0 radical (unpaired) electrons. The molecule has 1 aliphatic carbocycles. The molecule has 1 aliphatic rings. The summed E-state index contributed by atoms with van der Waals surface area (Å²) in [7, 11) is 0. The van der Waals surface area contributed by atoms with Crippen molar-refractivity contribution in [2.75, 3.05) is 11.9 Å². The van der Waals surface area contributed by atoms with Gasteiger partial charge in [-0.3, -0.25) is 4.79 Å². The molecule has 1 aromatic carbocycles. The first kappa shape index (κ1) is 13.7. The van der Waals surface area contributed by atoms with Crippen molar-refractivity contribution in [1.29, 1.82) is 5.26 Å². The van der Waals surface area contributed by atoms with E-state index in [1.54, 1.807) is 19.1 Å². The minimum Gasteiger partial charge on any atom is -0.375 e. The third kappa shape index (κ3) is 3.39. The fourth-order valence-electron chi connectivity index (χ4n) is 2.00. The van der Waals surface area contributed by atoms with Crippen molar-refractivity contribution in [3.63, 3.8) is 0 Å². The molecular weight excluding hydrogens is 262 g/mol. The Balaban J connectivity index is 1.88. The van der Waals surface area contributed by atoms with E-state index in [9.17, 15) is 4.79 Å². The summed E-state index contributed by atoms with van der Waals surface area (Å²) in [6, 6.07) is 9.43. The number of para-hydroxylation sites is 1. The highest BCUT2D eigenvalue weighted by Gasteiger charge is 2.42. The van der Waals surface area contributed by atoms with Crippen LogP contribution in [0.4, 0.5) is 5.69 Å². The number of hydrogen-bond donors (Lipinski definition) is 2. The van der Waals surface area contributed by atoms with Crippen LogP contribution in [0.1, 0.15) is 19.8 Å². The van der Waals surface area contributed by atoms with Crippen LogP contribution in [-0.2, 0) is 4.79 Å². The van der Waals surface area contributed by atoms with Gasteiger partial charge in [0.05, 0.1) is 23.3 Å². The molecule has 100 valence electrons. The fourth-order valence-corrected chi connectivity index (χ4v) is 2.20. The summed E-state index contributed by atoms with van der Waals surface area (Å²) in [5, 5.41) is 15.5. The van der Waals surface area contributed by atoms with Crippen molar-refractivity contribution in [1.82, 2.24) is 5.32 Å². The van der Waals surface area contributed by atoms with Crippen LogP contribution in [0, 0.1) is 17.2 Å². The fraction of sp³-hybridized carbons (Fsp3) is 0.429. The number of hydrogen-bond acceptors (Lipinski definition) is 3. The molecule has 0 unspecified atom stereocenters. The maximum Gasteiger partial charge on any atom is 0.240 e. The Bertz CT molecular complexity index is 522. The van der Waals surface area contributed by atoms with Gasteiger partial charge in [0.2, 0.25) is 5.91 Å². The van der Waals surface area contributed by atoms with E-state index in [4.69, 9.17) is 16.9 Å². The molecule has 1 atom stereocenters. The molecule has 2 rings (SSSR count). The molecule has 4 nitrogen and oxygen atoms in total. The minimum absolute atomic E-state index is 0.105. The second-order valence-corrected chi connectivity index (χ2v) is 5.38. The first-order chi connectivity index (χ1) is 9.05. The lowest BCUT2D eigenvalue weighted by atomic mass is 9.98. The smallest absolute Gasteiger partial charge is 0.240 e. The molecule has 0 spiro atoms. The highest BCUT2D eigenvalue weighted by Crippen LogP contribution is 2.39. The van der Waals surface area contributed by atoms with Crippen LogP contribution in [0.15, 0.2) is 24.3 Å². The van der Waals surface area contributed by atoms with Gasteiger partial charge in [-0.2, -0.15) is 5.26 Å². The summed E-state index contributed by atoms with van der Waals surface area (Å²) in [4.78, 5) is 11.9. The minimum atomic E-state index is -0.751. The number of rotatable bonds is 5. The summed E-state index contributed by atoms with van der Waals surface area (Å²) in [6.07, 6.45) is 2.00. The van der Waals surface area contributed by atoms with Gasteiger partial charge < -0.3 is 10.6 Å². The molecule has 1 fully saturated rings. The van der Waals surface area contributed by atoms with Gasteiger partial charge >= 0.3 is 0 Å². The number of carbonyl (C=O) groups excluding carboxylic acids is 1. The Morgan fingerprint density at radius 2 is 2.21 bits per heavy atom. The third-order valence-corrected chi connectivity index (χ3v) is 3.67. The quantitative estimate of drug-likeness (QED) is 0.869. The van der Waals surface area contributed by atoms with Crippen molar-refractivity contribution < 1.29 is 4.79 Å². The van der Waals surface area contributed by atoms with Crippen LogP contribution in [0.25, 0.3) is 0 Å². The monoisotopic (exact) mass is 277 g/mol. The van der Waals surface area contributed by atoms with Gasteiger partial charge in [-0.05, 0) is 37.8 Å². The van der Waals surface area contributed by atoms with E-state index < -0.39 is 5.54 Å². The first-order valence-electron chi connectivity index (χ1n) is 6.26. The molecule has 1 aromatic rings. The van der Waals surface area contributed by atoms with E-state index in [1.165, 1.54) is 0 Å². The van der Waals surface area contributed by atoms with Crippen LogP contribution in [0.3, 0.4) is 0 Å². The van der Waals surface area contributed by atoms with Gasteiger partial charge in [-0.1, -0.05) is 23.7 Å². The van der Waals surface area contributed by atoms with Gasteiger partial charge in [-0.25, -0.2) is 0 Å². The third-order valence-electron chi connectivity index (χ3n) is 3.34. The summed E-state index contributed by atoms with van der Waals surface area (Å²) < 4.78 is 0. The van der Waals surface area contributed by atoms with Crippen molar-refractivity contribution in [3.8, 4) is 6.07 Å². The Labute approximate surface area is 117 Å². The predicted molar refractivity (Wildman–Crippen MR) is 74.8 cm³/mol. The maximum absolute atomic E-state index is 11.9. The number of amides is 1. The molecule has 2 N–H and O–H groups in total. The largest absolute Gasteiger partial charge is 0.375 e. The zero-order valence-electron chi connectivity index (χ0n) is 10.7. The van der Waals surface area contributed by atoms with Crippen LogP contribution >= 0.6 is 11.6 Å². The lowest BCUT2D eigenvalue weighted by Crippen LogP contribution is -2.48. The molecule has 5 heteroatoms. The van der Waals surface area contributed by atoms with Gasteiger partial charge in [0.15, 0.2) is 0 Å². The van der Waals surface area contributed by atoms with Crippen LogP contribution in [0.5, 0.6) is 0 Å². The number of nitriles is 1. The van der Waals surface area contributed by atoms with Crippen molar-refractivity contribution in [2.24, 2.45) is 5.92 Å². The van der Waals surface area contributed by atoms with E-state index in [2.05, 4.69) is 16.7 Å². The van der Waals surface area contributed by atoms with E-state index in [0.717, 1.165) is 12.8 Å². The summed E-state index contributed by atoms with van der Waals surface area (Å²) >= 11 is 5.98. The molecular formula is C14H16ClN3O. The summed E-state index contributed by atoms with van der Waals surface area (Å²) in [6.45, 7) is 1.88. The Kier molecular flexibility index (Phi) is 3.96. The maximum atomic E-state index is 11.9. The highest BCUT2D eigenvalue weighted by atomic mass is 35.5. The zero-order valence-corrected chi connectivity index (χ0v) is 11.5. The van der Waals surface area contributed by atoms with E-state index in [0.29, 0.717) is 10.7 Å². The SMILES string of the molecule is C[C@](C#N)(NC(=O)CNc1ccccc1Cl)C1CC1. The molecule has 0 bridgehead atoms. The lowest BCUT2D eigenvalue weighted by molar-refractivity contribution is -0.120. The number of carbonyl (C=O) groups is 1. The van der Waals surface area contributed by atoms with Gasteiger partial charge in [0, 0.05) is 0 Å². The Morgan fingerprint density at radius 1 is 1.53 bits per heavy atom. The first-order valence-corrected chi connectivity index (χ1v) is 6.63. The highest BCUT2D eigenvalue weighted by molar-refractivity contribution is 6.33. The zero-order chi connectivity index (χ0) is 13.9. The Morgan fingerprint density at radius 3 is 2.79 bits per heavy atom. The number of nitrogens with zero attached hydrogens (tertiary/aromatic N) is 1. The number of halogens is 1. The van der Waals surface area contributed by atoms with Crippen molar-refractivity contribution in [2.45, 2.75) is 25.3 Å². The van der Waals surface area contributed by atoms with Crippen LogP contribution in [0.2, 0.25) is 5.02 Å². The summed E-state index contributed by atoms with van der Waals surface area (Å²) in [5.41, 5.74) is -0.0383. The molecule has 0 saturated heterocycles. The number of anilines is 1. The average Bonchev–Trinajstić information content (AvgIpc) is 3.22. The van der Waals surface area contributed by atoms with Crippen molar-refractivity contribution in [3.05, 3.63) is 29.3 Å². The molecule has 0 aromatic heterocycles. The molecule has 19 heavy (non-hydrogen) atoms. The Hall–Kier alpha value is -1.73. The second-order valence-electron chi connectivity index (χ2n) is 4.97. The second kappa shape index (κ2) is 5.50. The lowest BCUT2D eigenvalue weighted by Gasteiger charge is -2.23. The summed E-state index contributed by atoms with van der Waals surface area (Å²) in [5.74, 6) is 0.0811. The molecule has 0 aliphatic heterocycles. The van der Waals surface area contributed by atoms with Crippen LogP contribution in [-0.4, -0.2) is 18.0 Å². The van der Waals surface area contributed by atoms with Gasteiger partial charge in [-0.15, -0.1) is 0 Å². The number of benzene rings is 1. The van der Waals surface area contributed by atoms with E-state index >= 15 is 0 Å². The van der Waals surface area contributed by atoms with Crippen molar-refractivity contribution >= 4 is 23.2 Å². The topological polar surface area (TPSA) is 64.9 Å². The molecule has 1 amide bonds. The van der Waals surface area contributed by atoms with E-state index in [1.807, 2.05) is 12.1 Å². The molecule has 1 saturated carbocycles. The van der Waals surface area contributed by atoms with Crippen LogP contribution < -0.4 is 10.6 Å². The average molecular weight is 278 g/mol. The van der Waals surface area contributed by atoms with Gasteiger partial charge in [0.1, 0.15) is 5.54 Å². The number of nitrogens with one attached hydrogen (secondary N) is 2.